The molecule has 106 valence electrons. The van der Waals surface area contributed by atoms with Gasteiger partial charge in [0.2, 0.25) is 0 Å². The first kappa shape index (κ1) is 14.8. The molecule has 2 nitrogen and oxygen atoms in total. The number of benzene rings is 1. The summed E-state index contributed by atoms with van der Waals surface area (Å²) in [7, 11) is 0. The van der Waals surface area contributed by atoms with Crippen molar-refractivity contribution in [3.8, 4) is 0 Å². The number of anilines is 1. The van der Waals surface area contributed by atoms with Crippen LogP contribution in [0.4, 0.5) is 18.9 Å². The molecule has 1 N–H and O–H groups in total. The number of halogens is 4. The third-order valence-corrected chi connectivity index (χ3v) is 3.56. The summed E-state index contributed by atoms with van der Waals surface area (Å²) in [6.45, 7) is 1.88. The lowest BCUT2D eigenvalue weighted by molar-refractivity contribution is -0.137. The second-order valence-corrected chi connectivity index (χ2v) is 5.19. The van der Waals surface area contributed by atoms with Crippen molar-refractivity contribution in [3.63, 3.8) is 0 Å². The minimum absolute atomic E-state index is 0.127. The van der Waals surface area contributed by atoms with Crippen molar-refractivity contribution in [1.29, 1.82) is 0 Å². The highest BCUT2D eigenvalue weighted by atomic mass is 79.9. The van der Waals surface area contributed by atoms with Crippen LogP contribution in [0.2, 0.25) is 0 Å². The van der Waals surface area contributed by atoms with Gasteiger partial charge in [-0.1, -0.05) is 0 Å². The molecule has 1 aromatic heterocycles. The molecule has 0 saturated carbocycles. The quantitative estimate of drug-likeness (QED) is 0.843. The summed E-state index contributed by atoms with van der Waals surface area (Å²) < 4.78 is 38.7. The monoisotopic (exact) mass is 344 g/mol. The van der Waals surface area contributed by atoms with Crippen molar-refractivity contribution in [2.24, 2.45) is 0 Å². The van der Waals surface area contributed by atoms with E-state index >= 15 is 0 Å². The number of rotatable bonds is 3. The summed E-state index contributed by atoms with van der Waals surface area (Å²) >= 11 is 3.26. The van der Waals surface area contributed by atoms with Gasteiger partial charge in [0, 0.05) is 28.6 Å². The summed E-state index contributed by atoms with van der Waals surface area (Å²) in [5.74, 6) is 0. The van der Waals surface area contributed by atoms with Crippen LogP contribution < -0.4 is 5.32 Å². The highest BCUT2D eigenvalue weighted by Gasteiger charge is 2.31. The highest BCUT2D eigenvalue weighted by Crippen LogP contribution is 2.35. The molecule has 0 spiro atoms. The molecule has 1 heterocycles. The summed E-state index contributed by atoms with van der Waals surface area (Å²) in [6.07, 6.45) is -1.06. The predicted molar refractivity (Wildman–Crippen MR) is 75.4 cm³/mol. The van der Waals surface area contributed by atoms with E-state index < -0.39 is 11.7 Å². The van der Waals surface area contributed by atoms with Gasteiger partial charge in [0.05, 0.1) is 5.56 Å². The number of aromatic nitrogens is 1. The lowest BCUT2D eigenvalue weighted by Gasteiger charge is -2.18. The minimum Gasteiger partial charge on any atom is -0.378 e. The Kier molecular flexibility index (Phi) is 4.32. The van der Waals surface area contributed by atoms with Gasteiger partial charge in [-0.15, -0.1) is 0 Å². The third-order valence-electron chi connectivity index (χ3n) is 2.87. The molecule has 1 atom stereocenters. The van der Waals surface area contributed by atoms with Crippen LogP contribution in [0.15, 0.2) is 47.2 Å². The SMILES string of the molecule is CC(Nc1cc(C(F)(F)F)ccc1Br)c1ccncc1. The normalized spacial score (nSPS) is 13.1. The molecule has 2 rings (SSSR count). The minimum atomic E-state index is -4.35. The fourth-order valence-electron chi connectivity index (χ4n) is 1.78. The lowest BCUT2D eigenvalue weighted by atomic mass is 10.1. The Morgan fingerprint density at radius 1 is 1.15 bits per heavy atom. The van der Waals surface area contributed by atoms with E-state index in [-0.39, 0.29) is 6.04 Å². The Labute approximate surface area is 123 Å². The summed E-state index contributed by atoms with van der Waals surface area (Å²) in [5, 5.41) is 3.06. The predicted octanol–water partition coefficient (Wildman–Crippen LogP) is 5.04. The van der Waals surface area contributed by atoms with Gasteiger partial charge in [-0.05, 0) is 58.7 Å². The van der Waals surface area contributed by atoms with Crippen LogP contribution in [0.1, 0.15) is 24.1 Å². The molecule has 0 radical (unpaired) electrons. The Balaban J connectivity index is 2.25. The Hall–Kier alpha value is -1.56. The molecular weight excluding hydrogens is 333 g/mol. The van der Waals surface area contributed by atoms with Gasteiger partial charge in [0.15, 0.2) is 0 Å². The Bertz CT molecular complexity index is 585. The van der Waals surface area contributed by atoms with Crippen molar-refractivity contribution in [2.45, 2.75) is 19.1 Å². The van der Waals surface area contributed by atoms with Crippen LogP contribution in [-0.2, 0) is 6.18 Å². The van der Waals surface area contributed by atoms with E-state index in [2.05, 4.69) is 26.2 Å². The zero-order valence-electron chi connectivity index (χ0n) is 10.6. The van der Waals surface area contributed by atoms with Crippen LogP contribution in [-0.4, -0.2) is 4.98 Å². The van der Waals surface area contributed by atoms with E-state index in [1.165, 1.54) is 6.07 Å². The summed E-state index contributed by atoms with van der Waals surface area (Å²) in [5.41, 5.74) is 0.679. The van der Waals surface area contributed by atoms with Gasteiger partial charge in [0.25, 0.3) is 0 Å². The maximum absolute atomic E-state index is 12.7. The van der Waals surface area contributed by atoms with Crippen LogP contribution in [0.5, 0.6) is 0 Å². The van der Waals surface area contributed by atoms with Gasteiger partial charge < -0.3 is 5.32 Å². The Morgan fingerprint density at radius 2 is 1.80 bits per heavy atom. The second kappa shape index (κ2) is 5.83. The molecule has 0 bridgehead atoms. The van der Waals surface area contributed by atoms with E-state index in [4.69, 9.17) is 0 Å². The molecule has 0 aliphatic rings. The molecule has 0 aliphatic carbocycles. The number of hydrogen-bond donors (Lipinski definition) is 1. The second-order valence-electron chi connectivity index (χ2n) is 4.34. The van der Waals surface area contributed by atoms with Crippen molar-refractivity contribution in [1.82, 2.24) is 4.98 Å². The first-order chi connectivity index (χ1) is 9.38. The van der Waals surface area contributed by atoms with Crippen LogP contribution >= 0.6 is 15.9 Å². The average molecular weight is 345 g/mol. The van der Waals surface area contributed by atoms with Gasteiger partial charge in [-0.25, -0.2) is 0 Å². The molecule has 1 unspecified atom stereocenters. The average Bonchev–Trinajstić information content (AvgIpc) is 2.41. The van der Waals surface area contributed by atoms with Gasteiger partial charge in [0.1, 0.15) is 0 Å². The van der Waals surface area contributed by atoms with E-state index in [1.54, 1.807) is 12.4 Å². The van der Waals surface area contributed by atoms with E-state index in [9.17, 15) is 13.2 Å². The fraction of sp³-hybridized carbons (Fsp3) is 0.214. The third kappa shape index (κ3) is 3.50. The van der Waals surface area contributed by atoms with E-state index in [0.29, 0.717) is 10.2 Å². The molecule has 0 aliphatic heterocycles. The number of nitrogens with one attached hydrogen (secondary N) is 1. The van der Waals surface area contributed by atoms with Crippen LogP contribution in [0, 0.1) is 0 Å². The molecule has 2 aromatic rings. The molecule has 0 saturated heterocycles. The number of nitrogens with zero attached hydrogens (tertiary/aromatic N) is 1. The maximum atomic E-state index is 12.7. The summed E-state index contributed by atoms with van der Waals surface area (Å²) in [6, 6.07) is 7.05. The van der Waals surface area contributed by atoms with Crippen molar-refractivity contribution >= 4 is 21.6 Å². The summed E-state index contributed by atoms with van der Waals surface area (Å²) in [4.78, 5) is 3.91. The standard InChI is InChI=1S/C14H12BrF3N2/c1-9(10-4-6-19-7-5-10)20-13-8-11(14(16,17)18)2-3-12(13)15/h2-9,20H,1H3. The van der Waals surface area contributed by atoms with Crippen molar-refractivity contribution in [3.05, 3.63) is 58.3 Å². The number of pyridine rings is 1. The largest absolute Gasteiger partial charge is 0.416 e. The smallest absolute Gasteiger partial charge is 0.378 e. The number of hydrogen-bond acceptors (Lipinski definition) is 2. The van der Waals surface area contributed by atoms with Crippen molar-refractivity contribution < 1.29 is 13.2 Å². The van der Waals surface area contributed by atoms with Gasteiger partial charge in [-0.2, -0.15) is 13.2 Å². The lowest BCUT2D eigenvalue weighted by Crippen LogP contribution is -2.10. The van der Waals surface area contributed by atoms with Crippen LogP contribution in [0.3, 0.4) is 0 Å². The Morgan fingerprint density at radius 3 is 2.40 bits per heavy atom. The molecule has 20 heavy (non-hydrogen) atoms. The van der Waals surface area contributed by atoms with Gasteiger partial charge in [-0.3, -0.25) is 4.98 Å². The molecule has 1 aromatic carbocycles. The first-order valence-corrected chi connectivity index (χ1v) is 6.70. The van der Waals surface area contributed by atoms with Crippen LogP contribution in [0.25, 0.3) is 0 Å². The zero-order valence-corrected chi connectivity index (χ0v) is 12.2. The van der Waals surface area contributed by atoms with Crippen molar-refractivity contribution in [2.75, 3.05) is 5.32 Å². The molecule has 0 fully saturated rings. The van der Waals surface area contributed by atoms with Gasteiger partial charge >= 0.3 is 6.18 Å². The number of alkyl halides is 3. The molecule has 6 heteroatoms. The molecular formula is C14H12BrF3N2. The molecule has 0 amide bonds. The highest BCUT2D eigenvalue weighted by molar-refractivity contribution is 9.10. The van der Waals surface area contributed by atoms with E-state index in [0.717, 1.165) is 17.7 Å². The fourth-order valence-corrected chi connectivity index (χ4v) is 2.14. The topological polar surface area (TPSA) is 24.9 Å². The maximum Gasteiger partial charge on any atom is 0.416 e. The first-order valence-electron chi connectivity index (χ1n) is 5.91. The van der Waals surface area contributed by atoms with E-state index in [1.807, 2.05) is 19.1 Å². The zero-order chi connectivity index (χ0) is 14.8.